The Bertz CT molecular complexity index is 674. The number of halogens is 1. The second-order valence-corrected chi connectivity index (χ2v) is 5.29. The molecule has 0 bridgehead atoms. The summed E-state index contributed by atoms with van der Waals surface area (Å²) in [4.78, 5) is 0. The summed E-state index contributed by atoms with van der Waals surface area (Å²) < 4.78 is 26.7. The molecule has 0 aliphatic carbocycles. The number of aryl methyl sites for hydroxylation is 1. The van der Waals surface area contributed by atoms with E-state index in [2.05, 4.69) is 5.10 Å². The fourth-order valence-corrected chi connectivity index (χ4v) is 2.31. The molecule has 5 nitrogen and oxygen atoms in total. The number of fused-ring (bicyclic) bond motifs is 1. The Labute approximate surface area is 116 Å². The molecule has 2 N–H and O–H groups in total. The summed E-state index contributed by atoms with van der Waals surface area (Å²) in [5, 5.41) is 4.11. The van der Waals surface area contributed by atoms with Gasteiger partial charge in [-0.15, -0.1) is 0 Å². The molecule has 0 amide bonds. The Kier molecular flexibility index (Phi) is 2.64. The van der Waals surface area contributed by atoms with Crippen molar-refractivity contribution < 1.29 is 13.9 Å². The van der Waals surface area contributed by atoms with E-state index in [4.69, 9.17) is 15.2 Å². The molecule has 0 saturated carbocycles. The molecule has 3 rings (SSSR count). The van der Waals surface area contributed by atoms with Gasteiger partial charge in [-0.25, -0.2) is 4.39 Å². The van der Waals surface area contributed by atoms with Gasteiger partial charge in [0, 0.05) is 18.2 Å². The topological polar surface area (TPSA) is 62.3 Å². The molecule has 1 aromatic heterocycles. The van der Waals surface area contributed by atoms with Gasteiger partial charge in [0.2, 0.25) is 6.79 Å². The summed E-state index contributed by atoms with van der Waals surface area (Å²) in [5.74, 6) is 1.63. The third kappa shape index (κ3) is 1.88. The van der Waals surface area contributed by atoms with Crippen molar-refractivity contribution in [1.82, 2.24) is 9.78 Å². The van der Waals surface area contributed by atoms with Crippen molar-refractivity contribution >= 4 is 5.82 Å². The molecule has 0 radical (unpaired) electrons. The fourth-order valence-electron chi connectivity index (χ4n) is 2.31. The monoisotopic (exact) mass is 277 g/mol. The van der Waals surface area contributed by atoms with Gasteiger partial charge in [-0.3, -0.25) is 4.68 Å². The van der Waals surface area contributed by atoms with Crippen LogP contribution in [0.2, 0.25) is 0 Å². The van der Waals surface area contributed by atoms with Crippen molar-refractivity contribution in [3.8, 4) is 22.6 Å². The number of benzene rings is 1. The van der Waals surface area contributed by atoms with Crippen molar-refractivity contribution in [2.45, 2.75) is 19.5 Å². The summed E-state index contributed by atoms with van der Waals surface area (Å²) in [6.07, 6.45) is 1.63. The number of anilines is 1. The lowest BCUT2D eigenvalue weighted by Gasteiger charge is -2.19. The van der Waals surface area contributed by atoms with E-state index in [1.807, 2.05) is 0 Å². The predicted octanol–water partition coefficient (Wildman–Crippen LogP) is 2.60. The molecule has 106 valence electrons. The van der Waals surface area contributed by atoms with Gasteiger partial charge >= 0.3 is 0 Å². The van der Waals surface area contributed by atoms with E-state index in [-0.39, 0.29) is 6.79 Å². The molecule has 1 aliphatic rings. The SMILES string of the molecule is Cn1ncc(-c2cc3c(cc2C(C)(C)F)OCO3)c1N. The van der Waals surface area contributed by atoms with E-state index in [9.17, 15) is 4.39 Å². The number of ether oxygens (including phenoxy) is 2. The van der Waals surface area contributed by atoms with Crippen molar-refractivity contribution in [3.05, 3.63) is 23.9 Å². The van der Waals surface area contributed by atoms with Crippen LogP contribution in [0.3, 0.4) is 0 Å². The Morgan fingerprint density at radius 2 is 1.90 bits per heavy atom. The first kappa shape index (κ1) is 12.8. The Hall–Kier alpha value is -2.24. The maximum atomic E-state index is 14.5. The molecular weight excluding hydrogens is 261 g/mol. The first-order chi connectivity index (χ1) is 9.38. The molecule has 0 unspecified atom stereocenters. The van der Waals surface area contributed by atoms with Crippen molar-refractivity contribution in [3.63, 3.8) is 0 Å². The van der Waals surface area contributed by atoms with Gasteiger partial charge in [0.1, 0.15) is 11.5 Å². The first-order valence-corrected chi connectivity index (χ1v) is 6.29. The van der Waals surface area contributed by atoms with Crippen LogP contribution in [0.15, 0.2) is 18.3 Å². The molecular formula is C14H16FN3O2. The van der Waals surface area contributed by atoms with E-state index >= 15 is 0 Å². The molecule has 0 saturated heterocycles. The van der Waals surface area contributed by atoms with Gasteiger partial charge in [0.25, 0.3) is 0 Å². The van der Waals surface area contributed by atoms with Gasteiger partial charge in [0.15, 0.2) is 11.5 Å². The van der Waals surface area contributed by atoms with Gasteiger partial charge in [-0.1, -0.05) is 0 Å². The average molecular weight is 277 g/mol. The zero-order valence-electron chi connectivity index (χ0n) is 11.6. The quantitative estimate of drug-likeness (QED) is 0.916. The van der Waals surface area contributed by atoms with Crippen LogP contribution < -0.4 is 15.2 Å². The number of nitrogens with zero attached hydrogens (tertiary/aromatic N) is 2. The third-order valence-electron chi connectivity index (χ3n) is 3.43. The highest BCUT2D eigenvalue weighted by Gasteiger charge is 2.29. The number of hydrogen-bond acceptors (Lipinski definition) is 4. The lowest BCUT2D eigenvalue weighted by molar-refractivity contribution is 0.173. The van der Waals surface area contributed by atoms with Gasteiger partial charge in [-0.05, 0) is 31.5 Å². The molecule has 2 heterocycles. The Morgan fingerprint density at radius 3 is 2.45 bits per heavy atom. The van der Waals surface area contributed by atoms with Crippen LogP contribution in [-0.4, -0.2) is 16.6 Å². The van der Waals surface area contributed by atoms with Crippen LogP contribution >= 0.6 is 0 Å². The minimum atomic E-state index is -1.53. The zero-order valence-corrected chi connectivity index (χ0v) is 11.6. The first-order valence-electron chi connectivity index (χ1n) is 6.29. The van der Waals surface area contributed by atoms with Crippen LogP contribution in [0.4, 0.5) is 10.2 Å². The minimum absolute atomic E-state index is 0.146. The minimum Gasteiger partial charge on any atom is -0.454 e. The number of rotatable bonds is 2. The summed E-state index contributed by atoms with van der Waals surface area (Å²) in [6.45, 7) is 3.15. The Morgan fingerprint density at radius 1 is 1.25 bits per heavy atom. The summed E-state index contributed by atoms with van der Waals surface area (Å²) >= 11 is 0. The summed E-state index contributed by atoms with van der Waals surface area (Å²) in [6, 6.07) is 3.43. The number of hydrogen-bond donors (Lipinski definition) is 1. The van der Waals surface area contributed by atoms with Crippen LogP contribution in [0, 0.1) is 0 Å². The van der Waals surface area contributed by atoms with Crippen molar-refractivity contribution in [2.75, 3.05) is 12.5 Å². The number of nitrogen functional groups attached to an aromatic ring is 1. The molecule has 1 aromatic carbocycles. The van der Waals surface area contributed by atoms with E-state index in [0.717, 1.165) is 0 Å². The molecule has 20 heavy (non-hydrogen) atoms. The highest BCUT2D eigenvalue weighted by atomic mass is 19.1. The van der Waals surface area contributed by atoms with Crippen LogP contribution in [0.5, 0.6) is 11.5 Å². The molecule has 6 heteroatoms. The average Bonchev–Trinajstić information content (AvgIpc) is 2.94. The smallest absolute Gasteiger partial charge is 0.231 e. The molecule has 0 fully saturated rings. The largest absolute Gasteiger partial charge is 0.454 e. The highest BCUT2D eigenvalue weighted by Crippen LogP contribution is 2.44. The number of nitrogens with two attached hydrogens (primary N) is 1. The normalized spacial score (nSPS) is 13.8. The van der Waals surface area contributed by atoms with Crippen LogP contribution in [0.1, 0.15) is 19.4 Å². The maximum absolute atomic E-state index is 14.5. The van der Waals surface area contributed by atoms with Crippen LogP contribution in [0.25, 0.3) is 11.1 Å². The lowest BCUT2D eigenvalue weighted by atomic mass is 9.91. The zero-order chi connectivity index (χ0) is 14.5. The van der Waals surface area contributed by atoms with E-state index < -0.39 is 5.67 Å². The van der Waals surface area contributed by atoms with Gasteiger partial charge in [-0.2, -0.15) is 5.10 Å². The third-order valence-corrected chi connectivity index (χ3v) is 3.43. The number of alkyl halides is 1. The standard InChI is InChI=1S/C14H16FN3O2/c1-14(2,15)10-5-12-11(19-7-20-12)4-8(10)9-6-17-18(3)13(9)16/h4-6H,7,16H2,1-3H3. The van der Waals surface area contributed by atoms with Gasteiger partial charge in [0.05, 0.1) is 6.20 Å². The summed E-state index contributed by atoms with van der Waals surface area (Å²) in [5.41, 5.74) is 6.33. The Balaban J connectivity index is 2.26. The van der Waals surface area contributed by atoms with E-state index in [1.54, 1.807) is 30.1 Å². The highest BCUT2D eigenvalue weighted by molar-refractivity contribution is 5.79. The molecule has 1 aliphatic heterocycles. The lowest BCUT2D eigenvalue weighted by Crippen LogP contribution is -2.11. The summed E-state index contributed by atoms with van der Waals surface area (Å²) in [7, 11) is 1.74. The van der Waals surface area contributed by atoms with Gasteiger partial charge < -0.3 is 15.2 Å². The molecule has 0 atom stereocenters. The predicted molar refractivity (Wildman–Crippen MR) is 73.3 cm³/mol. The molecule has 0 spiro atoms. The molecule has 2 aromatic rings. The van der Waals surface area contributed by atoms with Crippen LogP contribution in [-0.2, 0) is 12.7 Å². The number of aromatic nitrogens is 2. The van der Waals surface area contributed by atoms with Crippen molar-refractivity contribution in [2.24, 2.45) is 7.05 Å². The maximum Gasteiger partial charge on any atom is 0.231 e. The second-order valence-electron chi connectivity index (χ2n) is 5.29. The van der Waals surface area contributed by atoms with Crippen molar-refractivity contribution in [1.29, 1.82) is 0 Å². The van der Waals surface area contributed by atoms with E-state index in [1.165, 1.54) is 13.8 Å². The fraction of sp³-hybridized carbons (Fsp3) is 0.357. The van der Waals surface area contributed by atoms with E-state index in [0.29, 0.717) is 34.0 Å². The second kappa shape index (κ2) is 4.13.